The van der Waals surface area contributed by atoms with Crippen molar-refractivity contribution in [3.63, 3.8) is 0 Å². The molecule has 2 aliphatic rings. The fraction of sp³-hybridized carbons (Fsp3) is 0.385. The van der Waals surface area contributed by atoms with Gasteiger partial charge in [-0.1, -0.05) is 18.2 Å². The van der Waals surface area contributed by atoms with Gasteiger partial charge in [0.2, 0.25) is 0 Å². The lowest BCUT2D eigenvalue weighted by Gasteiger charge is -2.34. The van der Waals surface area contributed by atoms with Crippen molar-refractivity contribution >= 4 is 17.4 Å². The molecule has 1 fully saturated rings. The maximum Gasteiger partial charge on any atom is 0.277 e. The van der Waals surface area contributed by atoms with Gasteiger partial charge in [0.25, 0.3) is 11.8 Å². The number of amides is 2. The minimum absolute atomic E-state index is 0.190. The molecule has 0 saturated carbocycles. The lowest BCUT2D eigenvalue weighted by molar-refractivity contribution is -0.138. The average molecular weight is 450 g/mol. The second-order valence-corrected chi connectivity index (χ2v) is 8.60. The molecule has 174 valence electrons. The van der Waals surface area contributed by atoms with Crippen molar-refractivity contribution in [3.8, 4) is 11.5 Å². The van der Waals surface area contributed by atoms with E-state index in [0.717, 1.165) is 48.6 Å². The van der Waals surface area contributed by atoms with E-state index in [0.29, 0.717) is 17.0 Å². The molecular weight excluding hydrogens is 418 g/mol. The Kier molecular flexibility index (Phi) is 6.70. The van der Waals surface area contributed by atoms with Crippen LogP contribution in [0.3, 0.4) is 0 Å². The van der Waals surface area contributed by atoms with Crippen molar-refractivity contribution in [2.75, 3.05) is 53.5 Å². The summed E-state index contributed by atoms with van der Waals surface area (Å²) in [6, 6.07) is 13.2. The van der Waals surface area contributed by atoms with Crippen molar-refractivity contribution in [1.29, 1.82) is 0 Å². The Morgan fingerprint density at radius 2 is 1.52 bits per heavy atom. The minimum Gasteiger partial charge on any atom is -0.497 e. The molecule has 2 aromatic carbocycles. The molecule has 2 amide bonds. The van der Waals surface area contributed by atoms with E-state index in [-0.39, 0.29) is 25.0 Å². The summed E-state index contributed by atoms with van der Waals surface area (Å²) in [6.07, 6.45) is 0. The zero-order valence-corrected chi connectivity index (χ0v) is 19.8. The molecular formula is C26H31N3O4. The quantitative estimate of drug-likeness (QED) is 0.606. The van der Waals surface area contributed by atoms with Crippen LogP contribution in [0.1, 0.15) is 16.7 Å². The molecule has 0 spiro atoms. The topological polar surface area (TPSA) is 62.3 Å². The van der Waals surface area contributed by atoms with Crippen molar-refractivity contribution in [2.24, 2.45) is 0 Å². The Hall–Kier alpha value is -3.32. The number of ether oxygens (including phenoxy) is 2. The first-order valence-electron chi connectivity index (χ1n) is 11.3. The van der Waals surface area contributed by atoms with E-state index in [1.807, 2.05) is 44.2 Å². The fourth-order valence-corrected chi connectivity index (χ4v) is 4.17. The summed E-state index contributed by atoms with van der Waals surface area (Å²) in [5.41, 5.74) is 4.06. The number of rotatable bonds is 7. The predicted molar refractivity (Wildman–Crippen MR) is 127 cm³/mol. The highest BCUT2D eigenvalue weighted by Gasteiger charge is 2.41. The standard InChI is InChI=1S/C26H31N3O4/c1-18-5-6-20(17-19(18)2)23-24(28-13-11-27(3)12-14-28)26(31)29(25(23)30)15-16-33-22-9-7-21(32-4)8-10-22/h5-10,17H,11-16H2,1-4H3. The highest BCUT2D eigenvalue weighted by molar-refractivity contribution is 6.35. The van der Waals surface area contributed by atoms with Crippen LogP contribution in [-0.2, 0) is 9.59 Å². The number of benzene rings is 2. The monoisotopic (exact) mass is 449 g/mol. The second-order valence-electron chi connectivity index (χ2n) is 8.60. The molecule has 7 heteroatoms. The van der Waals surface area contributed by atoms with Gasteiger partial charge in [-0.05, 0) is 61.9 Å². The van der Waals surface area contributed by atoms with Crippen LogP contribution in [0.2, 0.25) is 0 Å². The summed E-state index contributed by atoms with van der Waals surface area (Å²) in [5.74, 6) is 0.912. The number of likely N-dealkylation sites (N-methyl/N-ethyl adjacent to an activating group) is 1. The van der Waals surface area contributed by atoms with E-state index in [9.17, 15) is 9.59 Å². The minimum atomic E-state index is -0.254. The third kappa shape index (κ3) is 4.73. The van der Waals surface area contributed by atoms with Crippen LogP contribution < -0.4 is 9.47 Å². The maximum absolute atomic E-state index is 13.5. The number of imide groups is 1. The van der Waals surface area contributed by atoms with Gasteiger partial charge >= 0.3 is 0 Å². The van der Waals surface area contributed by atoms with E-state index in [2.05, 4.69) is 16.8 Å². The third-order valence-electron chi connectivity index (χ3n) is 6.40. The molecule has 2 heterocycles. The Morgan fingerprint density at radius 1 is 0.848 bits per heavy atom. The van der Waals surface area contributed by atoms with E-state index >= 15 is 0 Å². The van der Waals surface area contributed by atoms with Gasteiger partial charge in [-0.25, -0.2) is 0 Å². The fourth-order valence-electron chi connectivity index (χ4n) is 4.17. The van der Waals surface area contributed by atoms with Crippen LogP contribution >= 0.6 is 0 Å². The second kappa shape index (κ2) is 9.67. The first-order chi connectivity index (χ1) is 15.9. The number of carbonyl (C=O) groups is 2. The molecule has 0 N–H and O–H groups in total. The van der Waals surface area contributed by atoms with Gasteiger partial charge in [-0.15, -0.1) is 0 Å². The zero-order valence-electron chi connectivity index (χ0n) is 19.8. The number of carbonyl (C=O) groups excluding carboxylic acids is 2. The zero-order chi connectivity index (χ0) is 23.5. The Labute approximate surface area is 195 Å². The Morgan fingerprint density at radius 3 is 2.15 bits per heavy atom. The van der Waals surface area contributed by atoms with E-state index in [1.54, 1.807) is 19.2 Å². The van der Waals surface area contributed by atoms with E-state index in [1.165, 1.54) is 4.90 Å². The lowest BCUT2D eigenvalue weighted by Crippen LogP contribution is -2.46. The summed E-state index contributed by atoms with van der Waals surface area (Å²) in [4.78, 5) is 32.6. The molecule has 33 heavy (non-hydrogen) atoms. The molecule has 0 aliphatic carbocycles. The van der Waals surface area contributed by atoms with Gasteiger partial charge < -0.3 is 19.3 Å². The van der Waals surface area contributed by atoms with Gasteiger partial charge in [0, 0.05) is 26.2 Å². The summed E-state index contributed by atoms with van der Waals surface area (Å²) < 4.78 is 11.0. The summed E-state index contributed by atoms with van der Waals surface area (Å²) in [6.45, 7) is 7.62. The van der Waals surface area contributed by atoms with Crippen molar-refractivity contribution in [1.82, 2.24) is 14.7 Å². The van der Waals surface area contributed by atoms with Crippen LogP contribution in [0.25, 0.3) is 5.57 Å². The van der Waals surface area contributed by atoms with Gasteiger partial charge in [0.1, 0.15) is 23.8 Å². The number of hydrogen-bond donors (Lipinski definition) is 0. The van der Waals surface area contributed by atoms with Gasteiger partial charge in [0.15, 0.2) is 0 Å². The molecule has 1 saturated heterocycles. The van der Waals surface area contributed by atoms with Crippen LogP contribution in [0.4, 0.5) is 0 Å². The van der Waals surface area contributed by atoms with E-state index in [4.69, 9.17) is 9.47 Å². The maximum atomic E-state index is 13.5. The summed E-state index contributed by atoms with van der Waals surface area (Å²) in [7, 11) is 3.68. The van der Waals surface area contributed by atoms with Crippen molar-refractivity contribution < 1.29 is 19.1 Å². The molecule has 4 rings (SSSR count). The van der Waals surface area contributed by atoms with Gasteiger partial charge in [-0.3, -0.25) is 14.5 Å². The largest absolute Gasteiger partial charge is 0.497 e. The molecule has 0 unspecified atom stereocenters. The van der Waals surface area contributed by atoms with E-state index < -0.39 is 0 Å². The molecule has 0 aromatic heterocycles. The molecule has 0 radical (unpaired) electrons. The third-order valence-corrected chi connectivity index (χ3v) is 6.40. The Bertz CT molecular complexity index is 1070. The van der Waals surface area contributed by atoms with Crippen LogP contribution in [0.15, 0.2) is 48.2 Å². The summed E-state index contributed by atoms with van der Waals surface area (Å²) in [5, 5.41) is 0. The van der Waals surface area contributed by atoms with Crippen molar-refractivity contribution in [2.45, 2.75) is 13.8 Å². The van der Waals surface area contributed by atoms with Crippen LogP contribution in [0, 0.1) is 13.8 Å². The number of methoxy groups -OCH3 is 1. The number of piperazine rings is 1. The first kappa shape index (κ1) is 22.9. The molecule has 0 atom stereocenters. The van der Waals surface area contributed by atoms with Crippen LogP contribution in [-0.4, -0.2) is 80.0 Å². The summed E-state index contributed by atoms with van der Waals surface area (Å²) >= 11 is 0. The molecule has 2 aromatic rings. The number of hydrogen-bond acceptors (Lipinski definition) is 6. The van der Waals surface area contributed by atoms with Crippen molar-refractivity contribution in [3.05, 3.63) is 64.9 Å². The Balaban J connectivity index is 1.56. The molecule has 2 aliphatic heterocycles. The highest BCUT2D eigenvalue weighted by atomic mass is 16.5. The SMILES string of the molecule is COc1ccc(OCCN2C(=O)C(c3ccc(C)c(C)c3)=C(N3CCN(C)CC3)C2=O)cc1. The smallest absolute Gasteiger partial charge is 0.277 e. The molecule has 0 bridgehead atoms. The first-order valence-corrected chi connectivity index (χ1v) is 11.3. The van der Waals surface area contributed by atoms with Gasteiger partial charge in [0.05, 0.1) is 19.2 Å². The number of aryl methyl sites for hydroxylation is 2. The average Bonchev–Trinajstić information content (AvgIpc) is 3.06. The molecule has 7 nitrogen and oxygen atoms in total. The number of nitrogens with zero attached hydrogens (tertiary/aromatic N) is 3. The lowest BCUT2D eigenvalue weighted by atomic mass is 9.99. The highest BCUT2D eigenvalue weighted by Crippen LogP contribution is 2.33. The van der Waals surface area contributed by atoms with Gasteiger partial charge in [-0.2, -0.15) is 0 Å². The van der Waals surface area contributed by atoms with Crippen LogP contribution in [0.5, 0.6) is 11.5 Å². The normalized spacial score (nSPS) is 17.2. The predicted octanol–water partition coefficient (Wildman–Crippen LogP) is 2.72.